The number of hydrogen-bond acceptors (Lipinski definition) is 5. The second-order valence-corrected chi connectivity index (χ2v) is 8.05. The van der Waals surface area contributed by atoms with Crippen LogP contribution in [0, 0.1) is 11.3 Å². The van der Waals surface area contributed by atoms with E-state index in [1.165, 1.54) is 18.2 Å². The van der Waals surface area contributed by atoms with Crippen molar-refractivity contribution in [1.29, 1.82) is 5.26 Å². The fourth-order valence-electron chi connectivity index (χ4n) is 2.09. The van der Waals surface area contributed by atoms with Gasteiger partial charge in [-0.3, -0.25) is 0 Å². The van der Waals surface area contributed by atoms with Gasteiger partial charge < -0.3 is 10.5 Å². The molecule has 0 aliphatic heterocycles. The average Bonchev–Trinajstić information content (AvgIpc) is 2.59. The lowest BCUT2D eigenvalue weighted by Crippen LogP contribution is -2.34. The summed E-state index contributed by atoms with van der Waals surface area (Å²) in [7, 11) is -3.75. The minimum Gasteiger partial charge on any atom is -0.492 e. The van der Waals surface area contributed by atoms with E-state index in [4.69, 9.17) is 38.9 Å². The van der Waals surface area contributed by atoms with E-state index >= 15 is 0 Å². The van der Waals surface area contributed by atoms with Crippen LogP contribution in [0.3, 0.4) is 0 Å². The van der Waals surface area contributed by atoms with Gasteiger partial charge in [-0.15, -0.1) is 0 Å². The van der Waals surface area contributed by atoms with E-state index < -0.39 is 10.0 Å². The summed E-state index contributed by atoms with van der Waals surface area (Å²) in [5, 5.41) is 9.25. The Morgan fingerprint density at radius 2 is 2.00 bits per heavy atom. The Bertz CT molecular complexity index is 914. The van der Waals surface area contributed by atoms with Crippen LogP contribution in [0.4, 0.5) is 0 Å². The second-order valence-electron chi connectivity index (χ2n) is 5.47. The Morgan fingerprint density at radius 1 is 1.23 bits per heavy atom. The predicted molar refractivity (Wildman–Crippen MR) is 101 cm³/mol. The zero-order valence-corrected chi connectivity index (χ0v) is 16.0. The number of nitrogens with one attached hydrogen (secondary N) is 1. The van der Waals surface area contributed by atoms with E-state index in [0.717, 1.165) is 0 Å². The first-order valence-corrected chi connectivity index (χ1v) is 9.89. The fraction of sp³-hybridized carbons (Fsp3) is 0.235. The highest BCUT2D eigenvalue weighted by Crippen LogP contribution is 2.24. The molecule has 0 amide bonds. The topological polar surface area (TPSA) is 105 Å². The summed E-state index contributed by atoms with van der Waals surface area (Å²) in [6.07, 6.45) is 0.363. The molecule has 2 rings (SSSR count). The molecule has 3 N–H and O–H groups in total. The smallest absolute Gasteiger partial charge is 0.242 e. The number of rotatable bonds is 8. The second kappa shape index (κ2) is 9.21. The molecule has 0 fully saturated rings. The number of sulfonamides is 1. The van der Waals surface area contributed by atoms with Crippen molar-refractivity contribution in [3.05, 3.63) is 58.1 Å². The number of halogens is 2. The van der Waals surface area contributed by atoms with Crippen LogP contribution < -0.4 is 15.2 Å². The van der Waals surface area contributed by atoms with E-state index in [2.05, 4.69) is 4.72 Å². The molecular weight excluding hydrogens is 397 g/mol. The Labute approximate surface area is 162 Å². The van der Waals surface area contributed by atoms with Crippen LogP contribution in [0.15, 0.2) is 47.4 Å². The number of ether oxygens (including phenoxy) is 1. The van der Waals surface area contributed by atoms with Crippen molar-refractivity contribution in [2.75, 3.05) is 13.2 Å². The van der Waals surface area contributed by atoms with Crippen molar-refractivity contribution in [3.63, 3.8) is 0 Å². The normalized spacial score (nSPS) is 12.4. The lowest BCUT2D eigenvalue weighted by Gasteiger charge is -2.14. The summed E-state index contributed by atoms with van der Waals surface area (Å²) < 4.78 is 32.5. The highest BCUT2D eigenvalue weighted by atomic mass is 35.5. The summed E-state index contributed by atoms with van der Waals surface area (Å²) in [5.41, 5.74) is 6.43. The van der Waals surface area contributed by atoms with Crippen LogP contribution in [0.2, 0.25) is 10.0 Å². The van der Waals surface area contributed by atoms with Crippen molar-refractivity contribution in [1.82, 2.24) is 4.72 Å². The maximum Gasteiger partial charge on any atom is 0.242 e. The third kappa shape index (κ3) is 5.87. The molecule has 0 heterocycles. The van der Waals surface area contributed by atoms with E-state index in [0.29, 0.717) is 22.8 Å². The van der Waals surface area contributed by atoms with Gasteiger partial charge in [-0.25, -0.2) is 13.1 Å². The molecule has 0 aliphatic carbocycles. The number of nitriles is 1. The molecule has 0 radical (unpaired) electrons. The van der Waals surface area contributed by atoms with Gasteiger partial charge in [0.1, 0.15) is 17.3 Å². The highest BCUT2D eigenvalue weighted by Gasteiger charge is 2.18. The molecule has 0 saturated heterocycles. The maximum absolute atomic E-state index is 12.3. The molecule has 2 aromatic carbocycles. The van der Waals surface area contributed by atoms with Crippen LogP contribution in [0.1, 0.15) is 12.0 Å². The quantitative estimate of drug-likeness (QED) is 0.691. The molecule has 0 aliphatic rings. The standard InChI is InChI=1S/C17H17Cl2N3O3S/c18-13-4-5-17(16(19)9-13)26(23,24)22-7-6-14(21)11-25-15-3-1-2-12(8-15)10-20/h1-5,8-9,14,22H,6-7,11,21H2. The molecule has 0 bridgehead atoms. The van der Waals surface area contributed by atoms with Gasteiger partial charge >= 0.3 is 0 Å². The van der Waals surface area contributed by atoms with Crippen molar-refractivity contribution < 1.29 is 13.2 Å². The van der Waals surface area contributed by atoms with Crippen LogP contribution in [0.5, 0.6) is 5.75 Å². The van der Waals surface area contributed by atoms with E-state index in [1.807, 2.05) is 6.07 Å². The van der Waals surface area contributed by atoms with Crippen LogP contribution >= 0.6 is 23.2 Å². The molecular formula is C17H17Cl2N3O3S. The van der Waals surface area contributed by atoms with Gasteiger partial charge in [-0.2, -0.15) is 5.26 Å². The lowest BCUT2D eigenvalue weighted by atomic mass is 10.2. The van der Waals surface area contributed by atoms with Crippen molar-refractivity contribution in [2.45, 2.75) is 17.4 Å². The number of nitrogens with two attached hydrogens (primary N) is 1. The molecule has 6 nitrogen and oxygen atoms in total. The number of nitrogens with zero attached hydrogens (tertiary/aromatic N) is 1. The summed E-state index contributed by atoms with van der Waals surface area (Å²) >= 11 is 11.7. The zero-order chi connectivity index (χ0) is 19.2. The molecule has 9 heteroatoms. The van der Waals surface area contributed by atoms with Crippen molar-refractivity contribution >= 4 is 33.2 Å². The van der Waals surface area contributed by atoms with Gasteiger partial charge in [0, 0.05) is 17.6 Å². The Kier molecular flexibility index (Phi) is 7.26. The number of hydrogen-bond donors (Lipinski definition) is 2. The first kappa shape index (κ1) is 20.5. The van der Waals surface area contributed by atoms with E-state index in [9.17, 15) is 8.42 Å². The molecule has 26 heavy (non-hydrogen) atoms. The molecule has 2 aromatic rings. The predicted octanol–water partition coefficient (Wildman–Crippen LogP) is 2.94. The van der Waals surface area contributed by atoms with Crippen molar-refractivity contribution in [2.24, 2.45) is 5.73 Å². The third-order valence-electron chi connectivity index (χ3n) is 3.42. The zero-order valence-electron chi connectivity index (χ0n) is 13.7. The first-order chi connectivity index (χ1) is 12.3. The molecule has 1 atom stereocenters. The Hall–Kier alpha value is -1.82. The maximum atomic E-state index is 12.3. The van der Waals surface area contributed by atoms with E-state index in [1.54, 1.807) is 24.3 Å². The molecule has 1 unspecified atom stereocenters. The Balaban J connectivity index is 1.83. The Morgan fingerprint density at radius 3 is 2.69 bits per heavy atom. The van der Waals surface area contributed by atoms with Gasteiger partial charge in [0.2, 0.25) is 10.0 Å². The summed E-state index contributed by atoms with van der Waals surface area (Å²) in [4.78, 5) is -0.0401. The SMILES string of the molecule is N#Cc1cccc(OCC(N)CCNS(=O)(=O)c2ccc(Cl)cc2Cl)c1. The van der Waals surface area contributed by atoms with Crippen LogP contribution in [0.25, 0.3) is 0 Å². The average molecular weight is 414 g/mol. The van der Waals surface area contributed by atoms with Gasteiger partial charge in [0.25, 0.3) is 0 Å². The largest absolute Gasteiger partial charge is 0.492 e. The number of benzene rings is 2. The van der Waals surface area contributed by atoms with Gasteiger partial charge in [0.15, 0.2) is 0 Å². The molecule has 0 saturated carbocycles. The van der Waals surface area contributed by atoms with E-state index in [-0.39, 0.29) is 29.1 Å². The monoisotopic (exact) mass is 413 g/mol. The minimum absolute atomic E-state index is 0.0401. The summed E-state index contributed by atoms with van der Waals surface area (Å²) in [5.74, 6) is 0.535. The minimum atomic E-state index is -3.75. The first-order valence-electron chi connectivity index (χ1n) is 7.65. The fourth-order valence-corrected chi connectivity index (χ4v) is 3.91. The molecule has 138 valence electrons. The molecule has 0 spiro atoms. The lowest BCUT2D eigenvalue weighted by molar-refractivity contribution is 0.282. The summed E-state index contributed by atoms with van der Waals surface area (Å²) in [6.45, 7) is 0.322. The third-order valence-corrected chi connectivity index (χ3v) is 5.60. The van der Waals surface area contributed by atoms with Gasteiger partial charge in [-0.1, -0.05) is 29.3 Å². The molecule has 0 aromatic heterocycles. The van der Waals surface area contributed by atoms with Crippen molar-refractivity contribution in [3.8, 4) is 11.8 Å². The van der Waals surface area contributed by atoms with Crippen LogP contribution in [-0.4, -0.2) is 27.6 Å². The van der Waals surface area contributed by atoms with Crippen LogP contribution in [-0.2, 0) is 10.0 Å². The highest BCUT2D eigenvalue weighted by molar-refractivity contribution is 7.89. The van der Waals surface area contributed by atoms with Gasteiger partial charge in [0.05, 0.1) is 16.7 Å². The van der Waals surface area contributed by atoms with Gasteiger partial charge in [-0.05, 0) is 42.8 Å². The summed E-state index contributed by atoms with van der Waals surface area (Å²) in [6, 6.07) is 12.5.